The third-order valence-corrected chi connectivity index (χ3v) is 5.77. The van der Waals surface area contributed by atoms with Crippen LogP contribution in [-0.4, -0.2) is 31.8 Å². The molecule has 0 amide bonds. The van der Waals surface area contributed by atoms with Gasteiger partial charge in [-0.05, 0) is 26.1 Å². The van der Waals surface area contributed by atoms with Crippen LogP contribution in [0.4, 0.5) is 0 Å². The minimum atomic E-state index is -3.45. The summed E-state index contributed by atoms with van der Waals surface area (Å²) >= 11 is 1.50. The fourth-order valence-electron chi connectivity index (χ4n) is 2.04. The van der Waals surface area contributed by atoms with Crippen LogP contribution >= 0.6 is 11.3 Å². The zero-order chi connectivity index (χ0) is 15.5. The van der Waals surface area contributed by atoms with Gasteiger partial charge < -0.3 is 5.32 Å². The highest BCUT2D eigenvalue weighted by molar-refractivity contribution is 7.89. The Hall–Kier alpha value is -1.22. The molecule has 2 aromatic heterocycles. The van der Waals surface area contributed by atoms with Crippen LogP contribution < -0.4 is 10.0 Å². The summed E-state index contributed by atoms with van der Waals surface area (Å²) in [4.78, 5) is 2.20. The van der Waals surface area contributed by atoms with Gasteiger partial charge in [0, 0.05) is 42.5 Å². The molecule has 0 radical (unpaired) electrons. The maximum atomic E-state index is 12.3. The van der Waals surface area contributed by atoms with E-state index in [0.29, 0.717) is 24.4 Å². The van der Waals surface area contributed by atoms with Crippen LogP contribution in [0.3, 0.4) is 0 Å². The second-order valence-electron chi connectivity index (χ2n) is 4.79. The molecular weight excluding hydrogens is 308 g/mol. The van der Waals surface area contributed by atoms with Gasteiger partial charge in [-0.3, -0.25) is 4.68 Å². The van der Waals surface area contributed by atoms with Gasteiger partial charge in [-0.2, -0.15) is 5.10 Å². The molecule has 0 fully saturated rings. The number of sulfonamides is 1. The van der Waals surface area contributed by atoms with Crippen molar-refractivity contribution in [3.8, 4) is 0 Å². The summed E-state index contributed by atoms with van der Waals surface area (Å²) in [6.07, 6.45) is 2.42. The van der Waals surface area contributed by atoms with Gasteiger partial charge in [-0.15, -0.1) is 11.3 Å². The molecule has 0 saturated carbocycles. The standard InChI is InChI=1S/C13H20N4O2S2/c1-10-13(8-12(20-10)9-14-2)21(18,19)15-6-4-11-5-7-17(3)16-11/h5,7-8,14-15H,4,6,9H2,1-3H3. The monoisotopic (exact) mass is 328 g/mol. The Morgan fingerprint density at radius 3 is 2.81 bits per heavy atom. The molecule has 116 valence electrons. The normalized spacial score (nSPS) is 12.0. The van der Waals surface area contributed by atoms with Crippen LogP contribution in [0.5, 0.6) is 0 Å². The number of nitrogens with zero attached hydrogens (tertiary/aromatic N) is 2. The first kappa shape index (κ1) is 16.2. The zero-order valence-electron chi connectivity index (χ0n) is 12.4. The molecule has 2 rings (SSSR count). The van der Waals surface area contributed by atoms with E-state index >= 15 is 0 Å². The first-order valence-electron chi connectivity index (χ1n) is 6.64. The molecule has 0 aliphatic heterocycles. The van der Waals surface area contributed by atoms with Crippen LogP contribution in [0, 0.1) is 6.92 Å². The largest absolute Gasteiger partial charge is 0.315 e. The van der Waals surface area contributed by atoms with Crippen LogP contribution in [0.2, 0.25) is 0 Å². The second kappa shape index (κ2) is 6.69. The third-order valence-electron chi connectivity index (χ3n) is 3.01. The van der Waals surface area contributed by atoms with Crippen LogP contribution in [0.25, 0.3) is 0 Å². The van der Waals surface area contributed by atoms with Crippen molar-refractivity contribution in [1.82, 2.24) is 19.8 Å². The van der Waals surface area contributed by atoms with Crippen molar-refractivity contribution >= 4 is 21.4 Å². The van der Waals surface area contributed by atoms with Crippen molar-refractivity contribution in [1.29, 1.82) is 0 Å². The van der Waals surface area contributed by atoms with Crippen LogP contribution in [-0.2, 0) is 30.0 Å². The highest BCUT2D eigenvalue weighted by atomic mass is 32.2. The van der Waals surface area contributed by atoms with E-state index in [0.717, 1.165) is 15.4 Å². The SMILES string of the molecule is CNCc1cc(S(=O)(=O)NCCc2ccn(C)n2)c(C)s1. The van der Waals surface area contributed by atoms with E-state index < -0.39 is 10.0 Å². The molecule has 0 aromatic carbocycles. The van der Waals surface area contributed by atoms with Crippen molar-refractivity contribution in [3.05, 3.63) is 33.8 Å². The predicted octanol–water partition coefficient (Wildman–Crippen LogP) is 1.03. The Morgan fingerprint density at radius 1 is 1.43 bits per heavy atom. The van der Waals surface area contributed by atoms with Crippen molar-refractivity contribution in [2.45, 2.75) is 24.8 Å². The summed E-state index contributed by atoms with van der Waals surface area (Å²) in [5.41, 5.74) is 0.873. The molecule has 2 N–H and O–H groups in total. The van der Waals surface area contributed by atoms with E-state index in [9.17, 15) is 8.42 Å². The van der Waals surface area contributed by atoms with Gasteiger partial charge in [0.2, 0.25) is 10.0 Å². The molecule has 2 aromatic rings. The molecule has 0 aliphatic carbocycles. The summed E-state index contributed by atoms with van der Waals surface area (Å²) in [5.74, 6) is 0. The van der Waals surface area contributed by atoms with E-state index in [1.165, 1.54) is 11.3 Å². The Bertz CT molecular complexity index is 704. The average molecular weight is 328 g/mol. The molecule has 0 aliphatic rings. The lowest BCUT2D eigenvalue weighted by atomic mass is 10.3. The summed E-state index contributed by atoms with van der Waals surface area (Å²) < 4.78 is 29.0. The molecule has 0 spiro atoms. The number of hydrogen-bond acceptors (Lipinski definition) is 5. The van der Waals surface area contributed by atoms with Crippen molar-refractivity contribution < 1.29 is 8.42 Å². The van der Waals surface area contributed by atoms with Crippen LogP contribution in [0.15, 0.2) is 23.2 Å². The van der Waals surface area contributed by atoms with E-state index in [2.05, 4.69) is 15.1 Å². The van der Waals surface area contributed by atoms with E-state index in [1.54, 1.807) is 10.7 Å². The minimum absolute atomic E-state index is 0.343. The van der Waals surface area contributed by atoms with Gasteiger partial charge in [0.1, 0.15) is 0 Å². The van der Waals surface area contributed by atoms with Gasteiger partial charge in [0.15, 0.2) is 0 Å². The van der Waals surface area contributed by atoms with Crippen molar-refractivity contribution in [2.24, 2.45) is 7.05 Å². The molecular formula is C13H20N4O2S2. The molecule has 0 bridgehead atoms. The number of nitrogens with one attached hydrogen (secondary N) is 2. The molecule has 21 heavy (non-hydrogen) atoms. The second-order valence-corrected chi connectivity index (χ2v) is 7.87. The lowest BCUT2D eigenvalue weighted by molar-refractivity contribution is 0.580. The van der Waals surface area contributed by atoms with Gasteiger partial charge in [-0.25, -0.2) is 13.1 Å². The minimum Gasteiger partial charge on any atom is -0.315 e. The van der Waals surface area contributed by atoms with Gasteiger partial charge >= 0.3 is 0 Å². The maximum Gasteiger partial charge on any atom is 0.241 e. The van der Waals surface area contributed by atoms with Crippen LogP contribution in [0.1, 0.15) is 15.4 Å². The van der Waals surface area contributed by atoms with Crippen molar-refractivity contribution in [3.63, 3.8) is 0 Å². The summed E-state index contributed by atoms with van der Waals surface area (Å²) in [7, 11) is 0.227. The fourth-order valence-corrected chi connectivity index (χ4v) is 4.72. The number of rotatable bonds is 7. The number of aryl methyl sites for hydroxylation is 2. The lowest BCUT2D eigenvalue weighted by Crippen LogP contribution is -2.26. The summed E-state index contributed by atoms with van der Waals surface area (Å²) in [6.45, 7) is 2.85. The zero-order valence-corrected chi connectivity index (χ0v) is 14.0. The van der Waals surface area contributed by atoms with E-state index in [-0.39, 0.29) is 0 Å². The predicted molar refractivity (Wildman–Crippen MR) is 83.9 cm³/mol. The Kier molecular flexibility index (Phi) is 5.15. The Balaban J connectivity index is 2.01. The van der Waals surface area contributed by atoms with Gasteiger partial charge in [0.25, 0.3) is 0 Å². The average Bonchev–Trinajstić information content (AvgIpc) is 2.96. The first-order valence-corrected chi connectivity index (χ1v) is 8.94. The Labute approximate surface area is 129 Å². The number of hydrogen-bond donors (Lipinski definition) is 2. The molecule has 2 heterocycles. The van der Waals surface area contributed by atoms with E-state index in [4.69, 9.17) is 0 Å². The fraction of sp³-hybridized carbons (Fsp3) is 0.462. The molecule has 0 unspecified atom stereocenters. The molecule has 8 heteroatoms. The highest BCUT2D eigenvalue weighted by Crippen LogP contribution is 2.25. The summed E-state index contributed by atoms with van der Waals surface area (Å²) in [6, 6.07) is 3.62. The Morgan fingerprint density at radius 2 is 2.19 bits per heavy atom. The topological polar surface area (TPSA) is 76.0 Å². The lowest BCUT2D eigenvalue weighted by Gasteiger charge is -2.05. The van der Waals surface area contributed by atoms with E-state index in [1.807, 2.05) is 33.3 Å². The third kappa shape index (κ3) is 4.13. The maximum absolute atomic E-state index is 12.3. The molecule has 0 atom stereocenters. The van der Waals surface area contributed by atoms with Gasteiger partial charge in [-0.1, -0.05) is 0 Å². The number of aromatic nitrogens is 2. The highest BCUT2D eigenvalue weighted by Gasteiger charge is 2.19. The quantitative estimate of drug-likeness (QED) is 0.796. The molecule has 6 nitrogen and oxygen atoms in total. The molecule has 0 saturated heterocycles. The van der Waals surface area contributed by atoms with Gasteiger partial charge in [0.05, 0.1) is 10.6 Å². The summed E-state index contributed by atoms with van der Waals surface area (Å²) in [5, 5.41) is 7.25. The smallest absolute Gasteiger partial charge is 0.241 e. The number of thiophene rings is 1. The first-order chi connectivity index (χ1) is 9.92. The van der Waals surface area contributed by atoms with Crippen molar-refractivity contribution in [2.75, 3.05) is 13.6 Å².